The number of nitrogens with zero attached hydrogens (tertiary/aromatic N) is 2. The Morgan fingerprint density at radius 1 is 0.953 bits per heavy atom. The Hall–Kier alpha value is -1.14. The van der Waals surface area contributed by atoms with Crippen LogP contribution in [0.4, 0.5) is 0 Å². The van der Waals surface area contributed by atoms with Crippen molar-refractivity contribution in [3.05, 3.63) is 0 Å². The molecule has 4 aliphatic rings. The molecule has 64 heavy (non-hydrogen) atoms. The molecule has 0 amide bonds. The molecule has 4 fully saturated rings. The van der Waals surface area contributed by atoms with Crippen molar-refractivity contribution in [3.63, 3.8) is 0 Å². The molecule has 0 aromatic carbocycles. The molecule has 4 rings (SSSR count). The van der Waals surface area contributed by atoms with Gasteiger partial charge in [-0.15, -0.1) is 0 Å². The lowest BCUT2D eigenvalue weighted by Gasteiger charge is -2.53. The van der Waals surface area contributed by atoms with Crippen LogP contribution in [0.25, 0.3) is 0 Å². The summed E-state index contributed by atoms with van der Waals surface area (Å²) in [6, 6.07) is -1.59. The summed E-state index contributed by atoms with van der Waals surface area (Å²) in [5.41, 5.74) is -6.27. The number of hydrogen-bond donors (Lipinski definition) is 7. The Kier molecular flexibility index (Phi) is 19.5. The first-order valence-electron chi connectivity index (χ1n) is 23.8. The number of piperidine rings is 1. The van der Waals surface area contributed by atoms with E-state index in [1.807, 2.05) is 13.8 Å². The van der Waals surface area contributed by atoms with Gasteiger partial charge in [-0.25, -0.2) is 0 Å². The van der Waals surface area contributed by atoms with Gasteiger partial charge in [0.2, 0.25) is 0 Å². The number of carbonyl (C=O) groups is 1. The predicted octanol–water partition coefficient (Wildman–Crippen LogP) is 2.03. The van der Waals surface area contributed by atoms with E-state index >= 15 is 0 Å². The molecular weight excluding hydrogens is 853 g/mol. The van der Waals surface area contributed by atoms with Gasteiger partial charge < -0.3 is 64.6 Å². The molecule has 0 radical (unpaired) electrons. The topological polar surface area (TPSA) is 238 Å². The van der Waals surface area contributed by atoms with Gasteiger partial charge in [-0.2, -0.15) is 17.0 Å². The second kappa shape index (κ2) is 22.5. The van der Waals surface area contributed by atoms with Crippen LogP contribution in [0, 0.1) is 17.8 Å². The summed E-state index contributed by atoms with van der Waals surface area (Å²) in [4.78, 5) is 14.5. The molecule has 0 saturated carbocycles. The standard InChI is InChI=1S/C45H86N4O14S/c1-14-19-46-26-45(55)32(8)60-35(24-43(45,10)58-13)62-37-29(5)39(63-41-36(50)33(22-28(4)59-41)48(12)64(56,57)49-20-17-16-18-21-49)42(9,53)23-27(3)25-47-31(7)38(51)44(11,54)34(15-2)61-40(52)30(37)6/h27-39,41,46-47,50-51,53-55H,14-26H2,1-13H3/t27-,28-,29+,30-,31-,32+,33+,34-,35+,36-,37+,38-,39-,41+,42-,43-,44-,45+/m1/s1. The second-order valence-corrected chi connectivity index (χ2v) is 22.2. The van der Waals surface area contributed by atoms with Crippen LogP contribution < -0.4 is 10.6 Å². The minimum Gasteiger partial charge on any atom is -0.459 e. The lowest BCUT2D eigenvalue weighted by atomic mass is 9.75. The molecule has 4 saturated heterocycles. The van der Waals surface area contributed by atoms with E-state index in [1.165, 1.54) is 29.7 Å². The number of ether oxygens (including phenoxy) is 6. The fourth-order valence-corrected chi connectivity index (χ4v) is 12.1. The fraction of sp³-hybridized carbons (Fsp3) is 0.978. The zero-order valence-electron chi connectivity index (χ0n) is 41.0. The number of carbonyl (C=O) groups excluding carboxylic acids is 1. The van der Waals surface area contributed by atoms with E-state index in [0.29, 0.717) is 26.2 Å². The highest BCUT2D eigenvalue weighted by Gasteiger charge is 2.58. The van der Waals surface area contributed by atoms with Gasteiger partial charge in [0.25, 0.3) is 10.2 Å². The number of cyclic esters (lactones) is 1. The van der Waals surface area contributed by atoms with E-state index in [1.54, 1.807) is 55.4 Å². The van der Waals surface area contributed by atoms with Crippen molar-refractivity contribution in [1.82, 2.24) is 19.2 Å². The molecule has 4 aliphatic heterocycles. The Balaban J connectivity index is 1.81. The molecule has 0 bridgehead atoms. The first-order valence-corrected chi connectivity index (χ1v) is 25.2. The third-order valence-electron chi connectivity index (χ3n) is 14.8. The molecule has 0 unspecified atom stereocenters. The molecule has 0 spiro atoms. The summed E-state index contributed by atoms with van der Waals surface area (Å²) in [5, 5.41) is 66.7. The summed E-state index contributed by atoms with van der Waals surface area (Å²) < 4.78 is 69.0. The number of aliphatic hydroxyl groups excluding tert-OH is 2. The number of hydrogen-bond acceptors (Lipinski definition) is 16. The third-order valence-corrected chi connectivity index (χ3v) is 16.8. The number of esters is 1. The molecule has 18 nitrogen and oxygen atoms in total. The molecular formula is C45H86N4O14S. The second-order valence-electron chi connectivity index (χ2n) is 20.2. The first kappa shape index (κ1) is 55.5. The zero-order chi connectivity index (χ0) is 48.2. The Morgan fingerprint density at radius 3 is 2.19 bits per heavy atom. The van der Waals surface area contributed by atoms with Crippen LogP contribution in [0.3, 0.4) is 0 Å². The van der Waals surface area contributed by atoms with Crippen molar-refractivity contribution in [1.29, 1.82) is 0 Å². The van der Waals surface area contributed by atoms with Gasteiger partial charge in [0.05, 0.1) is 42.0 Å². The van der Waals surface area contributed by atoms with Gasteiger partial charge in [-0.3, -0.25) is 4.79 Å². The van der Waals surface area contributed by atoms with Crippen molar-refractivity contribution in [3.8, 4) is 0 Å². The maximum absolute atomic E-state index is 14.5. The van der Waals surface area contributed by atoms with E-state index in [4.69, 9.17) is 28.4 Å². The summed E-state index contributed by atoms with van der Waals surface area (Å²) in [6.45, 7) is 21.0. The van der Waals surface area contributed by atoms with Crippen LogP contribution in [-0.4, -0.2) is 185 Å². The smallest absolute Gasteiger partial charge is 0.311 e. The van der Waals surface area contributed by atoms with Crippen molar-refractivity contribution in [2.75, 3.05) is 46.9 Å². The van der Waals surface area contributed by atoms with Crippen LogP contribution in [0.2, 0.25) is 0 Å². The number of rotatable bonds is 13. The first-order chi connectivity index (χ1) is 29.7. The van der Waals surface area contributed by atoms with Gasteiger partial charge in [-0.1, -0.05) is 34.1 Å². The van der Waals surface area contributed by atoms with Gasteiger partial charge >= 0.3 is 5.97 Å². The average molecular weight is 939 g/mol. The monoisotopic (exact) mass is 939 g/mol. The van der Waals surface area contributed by atoms with Crippen LogP contribution in [-0.2, 0) is 43.4 Å². The summed E-state index contributed by atoms with van der Waals surface area (Å²) >= 11 is 0. The normalized spacial score (nSPS) is 45.4. The zero-order valence-corrected chi connectivity index (χ0v) is 41.8. The molecule has 0 aromatic rings. The molecule has 0 aromatic heterocycles. The largest absolute Gasteiger partial charge is 0.459 e. The van der Waals surface area contributed by atoms with Crippen molar-refractivity contribution >= 4 is 16.2 Å². The average Bonchev–Trinajstić information content (AvgIpc) is 3.24. The lowest BCUT2D eigenvalue weighted by molar-refractivity contribution is -0.336. The SMILES string of the molecule is CCCNC[C@]1(O)[C@H](C)O[C@@H](O[C@H]2[C@H](C)[C@@H](O[C@@H]3O[C@H](C)C[C@H](N(C)S(=O)(=O)N4CCCCC4)[C@H]3O)[C@](C)(O)C[C@@H](C)CN[C@H](C)[C@@H](O)[C@](C)(O)[C@@H](CC)OC(=O)[C@@H]2C)C[C@@]1(C)OC. The quantitative estimate of drug-likeness (QED) is 0.103. The maximum atomic E-state index is 14.5. The van der Waals surface area contributed by atoms with Gasteiger partial charge in [0, 0.05) is 52.2 Å². The van der Waals surface area contributed by atoms with Crippen molar-refractivity contribution < 1.29 is 67.2 Å². The van der Waals surface area contributed by atoms with Crippen molar-refractivity contribution in [2.24, 2.45) is 17.8 Å². The summed E-state index contributed by atoms with van der Waals surface area (Å²) in [6.07, 6.45) is -6.48. The van der Waals surface area contributed by atoms with Crippen molar-refractivity contribution in [2.45, 2.75) is 217 Å². The number of likely N-dealkylation sites (N-methyl/N-ethyl adjacent to an activating group) is 1. The molecule has 0 aliphatic carbocycles. The predicted molar refractivity (Wildman–Crippen MR) is 240 cm³/mol. The highest BCUT2D eigenvalue weighted by molar-refractivity contribution is 7.86. The van der Waals surface area contributed by atoms with Crippen LogP contribution in [0.5, 0.6) is 0 Å². The minimum atomic E-state index is -3.96. The third kappa shape index (κ3) is 12.2. The Labute approximate surface area is 383 Å². The molecule has 19 heteroatoms. The Morgan fingerprint density at radius 2 is 1.59 bits per heavy atom. The fourth-order valence-electron chi connectivity index (χ4n) is 10.5. The molecule has 376 valence electrons. The van der Waals surface area contributed by atoms with E-state index in [9.17, 15) is 38.7 Å². The maximum Gasteiger partial charge on any atom is 0.311 e. The lowest BCUT2D eigenvalue weighted by Crippen LogP contribution is -2.70. The van der Waals surface area contributed by atoms with Gasteiger partial charge in [-0.05, 0) is 106 Å². The van der Waals surface area contributed by atoms with E-state index < -0.39 is 118 Å². The number of methoxy groups -OCH3 is 1. The van der Waals surface area contributed by atoms with Gasteiger partial charge in [0.15, 0.2) is 12.6 Å². The van der Waals surface area contributed by atoms with Gasteiger partial charge in [0.1, 0.15) is 35.1 Å². The Bertz CT molecular complexity index is 1590. The van der Waals surface area contributed by atoms with E-state index in [0.717, 1.165) is 25.7 Å². The molecule has 18 atom stereocenters. The minimum absolute atomic E-state index is 0.0333. The summed E-state index contributed by atoms with van der Waals surface area (Å²) in [7, 11) is -0.992. The summed E-state index contributed by atoms with van der Waals surface area (Å²) in [5.74, 6) is -3.05. The van der Waals surface area contributed by atoms with Crippen LogP contribution in [0.1, 0.15) is 128 Å². The number of nitrogens with one attached hydrogen (secondary N) is 2. The van der Waals surface area contributed by atoms with Crippen LogP contribution >= 0.6 is 0 Å². The number of aliphatic hydroxyl groups is 5. The van der Waals surface area contributed by atoms with E-state index in [2.05, 4.69) is 10.6 Å². The van der Waals surface area contributed by atoms with E-state index in [-0.39, 0.29) is 38.1 Å². The highest BCUT2D eigenvalue weighted by Crippen LogP contribution is 2.43. The highest BCUT2D eigenvalue weighted by atomic mass is 32.2. The van der Waals surface area contributed by atoms with Crippen LogP contribution in [0.15, 0.2) is 0 Å². The molecule has 7 N–H and O–H groups in total. The molecule has 4 heterocycles.